The van der Waals surface area contributed by atoms with Crippen molar-refractivity contribution in [2.45, 2.75) is 25.9 Å². The summed E-state index contributed by atoms with van der Waals surface area (Å²) in [4.78, 5) is 5.30. The summed E-state index contributed by atoms with van der Waals surface area (Å²) in [7, 11) is 1.89. The predicted octanol–water partition coefficient (Wildman–Crippen LogP) is -0.00260. The van der Waals surface area contributed by atoms with E-state index in [1.807, 2.05) is 13.2 Å². The van der Waals surface area contributed by atoms with Crippen molar-refractivity contribution in [3.63, 3.8) is 0 Å². The van der Waals surface area contributed by atoms with Crippen LogP contribution in [0, 0.1) is 0 Å². The van der Waals surface area contributed by atoms with E-state index in [4.69, 9.17) is 18.0 Å². The maximum atomic E-state index is 5.82. The van der Waals surface area contributed by atoms with Gasteiger partial charge in [-0.2, -0.15) is 0 Å². The molecule has 0 amide bonds. The summed E-state index contributed by atoms with van der Waals surface area (Å²) in [5, 5.41) is 8.08. The van der Waals surface area contributed by atoms with E-state index in [1.54, 1.807) is 4.68 Å². The van der Waals surface area contributed by atoms with Crippen molar-refractivity contribution in [3.8, 4) is 0 Å². The molecule has 7 heteroatoms. The van der Waals surface area contributed by atoms with Crippen molar-refractivity contribution >= 4 is 17.2 Å². The number of rotatable bonds is 4. The van der Waals surface area contributed by atoms with E-state index in [0.717, 1.165) is 38.4 Å². The average molecular weight is 282 g/mol. The van der Waals surface area contributed by atoms with Gasteiger partial charge >= 0.3 is 0 Å². The van der Waals surface area contributed by atoms with Crippen LogP contribution in [-0.2, 0) is 13.6 Å². The molecule has 1 saturated heterocycles. The quantitative estimate of drug-likeness (QED) is 0.784. The van der Waals surface area contributed by atoms with Crippen LogP contribution in [0.3, 0.4) is 0 Å². The van der Waals surface area contributed by atoms with E-state index in [2.05, 4.69) is 34.0 Å². The predicted molar refractivity (Wildman–Crippen MR) is 78.7 cm³/mol. The molecule has 1 aromatic heterocycles. The molecule has 0 aromatic carbocycles. The van der Waals surface area contributed by atoms with Gasteiger partial charge in [0.05, 0.1) is 16.2 Å². The molecular weight excluding hydrogens is 260 g/mol. The zero-order valence-corrected chi connectivity index (χ0v) is 12.7. The number of aromatic nitrogens is 3. The number of hydrogen-bond donors (Lipinski definition) is 1. The maximum Gasteiger partial charge on any atom is 0.0967 e. The van der Waals surface area contributed by atoms with E-state index in [9.17, 15) is 0 Å². The standard InChI is InChI=1S/C12H22N6S/c1-12(2,11(13)19)18-6-4-17(5-7-18)9-10-8-16(3)15-14-10/h8H,4-7,9H2,1-3H3,(H2,13,19). The molecule has 6 nitrogen and oxygen atoms in total. The molecule has 0 bridgehead atoms. The molecule has 1 aromatic rings. The Balaban J connectivity index is 1.87. The maximum absolute atomic E-state index is 5.82. The minimum absolute atomic E-state index is 0.200. The van der Waals surface area contributed by atoms with Gasteiger partial charge < -0.3 is 5.73 Å². The highest BCUT2D eigenvalue weighted by Crippen LogP contribution is 2.18. The van der Waals surface area contributed by atoms with Gasteiger partial charge in [0.2, 0.25) is 0 Å². The van der Waals surface area contributed by atoms with Crippen molar-refractivity contribution in [1.29, 1.82) is 0 Å². The molecule has 0 saturated carbocycles. The molecule has 0 aliphatic carbocycles. The monoisotopic (exact) mass is 282 g/mol. The van der Waals surface area contributed by atoms with Crippen LogP contribution < -0.4 is 5.73 Å². The molecule has 2 N–H and O–H groups in total. The average Bonchev–Trinajstić information content (AvgIpc) is 2.75. The highest BCUT2D eigenvalue weighted by molar-refractivity contribution is 7.80. The Morgan fingerprint density at radius 3 is 2.47 bits per heavy atom. The van der Waals surface area contributed by atoms with Crippen LogP contribution in [0.25, 0.3) is 0 Å². The van der Waals surface area contributed by atoms with Crippen molar-refractivity contribution in [1.82, 2.24) is 24.8 Å². The van der Waals surface area contributed by atoms with Gasteiger partial charge in [0.15, 0.2) is 0 Å². The lowest BCUT2D eigenvalue weighted by atomic mass is 10.0. The van der Waals surface area contributed by atoms with Gasteiger partial charge in [-0.1, -0.05) is 17.4 Å². The lowest BCUT2D eigenvalue weighted by molar-refractivity contribution is 0.0814. The van der Waals surface area contributed by atoms with Crippen LogP contribution in [0.15, 0.2) is 6.20 Å². The largest absolute Gasteiger partial charge is 0.392 e. The molecule has 2 rings (SSSR count). The zero-order chi connectivity index (χ0) is 14.0. The van der Waals surface area contributed by atoms with Crippen LogP contribution in [0.4, 0.5) is 0 Å². The van der Waals surface area contributed by atoms with Gasteiger partial charge in [0.1, 0.15) is 0 Å². The van der Waals surface area contributed by atoms with Gasteiger partial charge in [0, 0.05) is 46.0 Å². The van der Waals surface area contributed by atoms with Gasteiger partial charge in [-0.15, -0.1) is 5.10 Å². The Labute approximate surface area is 119 Å². The van der Waals surface area contributed by atoms with E-state index in [1.165, 1.54) is 0 Å². The third kappa shape index (κ3) is 3.29. The number of piperazine rings is 1. The molecule has 1 aliphatic rings. The van der Waals surface area contributed by atoms with Crippen LogP contribution in [0.2, 0.25) is 0 Å². The summed E-state index contributed by atoms with van der Waals surface area (Å²) in [6, 6.07) is 0. The normalized spacial score (nSPS) is 18.7. The van der Waals surface area contributed by atoms with Crippen LogP contribution >= 0.6 is 12.2 Å². The first kappa shape index (κ1) is 14.4. The second kappa shape index (κ2) is 5.52. The molecule has 0 unspecified atom stereocenters. The first-order chi connectivity index (χ1) is 8.89. The smallest absolute Gasteiger partial charge is 0.0967 e. The summed E-state index contributed by atoms with van der Waals surface area (Å²) >= 11 is 5.15. The fourth-order valence-corrected chi connectivity index (χ4v) is 2.45. The fraction of sp³-hybridized carbons (Fsp3) is 0.750. The topological polar surface area (TPSA) is 63.2 Å². The highest BCUT2D eigenvalue weighted by atomic mass is 32.1. The first-order valence-corrected chi connectivity index (χ1v) is 6.93. The molecule has 1 fully saturated rings. The number of nitrogens with two attached hydrogens (primary N) is 1. The van der Waals surface area contributed by atoms with Gasteiger partial charge in [-0.05, 0) is 13.8 Å². The van der Waals surface area contributed by atoms with Gasteiger partial charge in [0.25, 0.3) is 0 Å². The molecule has 0 atom stereocenters. The van der Waals surface area contributed by atoms with E-state index >= 15 is 0 Å². The number of nitrogens with zero attached hydrogens (tertiary/aromatic N) is 5. The number of aryl methyl sites for hydroxylation is 1. The van der Waals surface area contributed by atoms with E-state index < -0.39 is 0 Å². The van der Waals surface area contributed by atoms with Crippen molar-refractivity contribution in [2.24, 2.45) is 12.8 Å². The Kier molecular flexibility index (Phi) is 4.17. The van der Waals surface area contributed by atoms with Crippen molar-refractivity contribution in [2.75, 3.05) is 26.2 Å². The van der Waals surface area contributed by atoms with Crippen LogP contribution in [0.1, 0.15) is 19.5 Å². The van der Waals surface area contributed by atoms with E-state index in [0.29, 0.717) is 4.99 Å². The molecule has 19 heavy (non-hydrogen) atoms. The Hall–Kier alpha value is -1.05. The Morgan fingerprint density at radius 2 is 2.00 bits per heavy atom. The number of hydrogen-bond acceptors (Lipinski definition) is 5. The first-order valence-electron chi connectivity index (χ1n) is 6.52. The SMILES string of the molecule is Cn1cc(CN2CCN(C(C)(C)C(N)=S)CC2)nn1. The third-order valence-corrected chi connectivity index (χ3v) is 4.30. The molecule has 106 valence electrons. The Morgan fingerprint density at radius 1 is 1.37 bits per heavy atom. The third-order valence-electron chi connectivity index (χ3n) is 3.80. The van der Waals surface area contributed by atoms with Crippen molar-refractivity contribution in [3.05, 3.63) is 11.9 Å². The number of thiocarbonyl (C=S) groups is 1. The summed E-state index contributed by atoms with van der Waals surface area (Å²) in [5.41, 5.74) is 6.63. The van der Waals surface area contributed by atoms with Gasteiger partial charge in [-0.25, -0.2) is 0 Å². The fourth-order valence-electron chi connectivity index (χ4n) is 2.32. The van der Waals surface area contributed by atoms with Crippen LogP contribution in [-0.4, -0.2) is 61.5 Å². The lowest BCUT2D eigenvalue weighted by Gasteiger charge is -2.43. The van der Waals surface area contributed by atoms with Gasteiger partial charge in [-0.3, -0.25) is 14.5 Å². The minimum atomic E-state index is -0.200. The summed E-state index contributed by atoms with van der Waals surface area (Å²) in [6.07, 6.45) is 1.96. The van der Waals surface area contributed by atoms with Crippen LogP contribution in [0.5, 0.6) is 0 Å². The minimum Gasteiger partial charge on any atom is -0.392 e. The summed E-state index contributed by atoms with van der Waals surface area (Å²) < 4.78 is 1.74. The second-order valence-corrected chi connectivity index (χ2v) is 6.01. The second-order valence-electron chi connectivity index (χ2n) is 5.57. The summed E-state index contributed by atoms with van der Waals surface area (Å²) in [6.45, 7) is 9.00. The molecule has 2 heterocycles. The molecular formula is C12H22N6S. The Bertz CT molecular complexity index is 447. The van der Waals surface area contributed by atoms with E-state index in [-0.39, 0.29) is 5.54 Å². The molecule has 0 radical (unpaired) electrons. The lowest BCUT2D eigenvalue weighted by Crippen LogP contribution is -2.59. The molecule has 0 spiro atoms. The summed E-state index contributed by atoms with van der Waals surface area (Å²) in [5.74, 6) is 0. The highest BCUT2D eigenvalue weighted by Gasteiger charge is 2.32. The van der Waals surface area contributed by atoms with Crippen molar-refractivity contribution < 1.29 is 0 Å². The zero-order valence-electron chi connectivity index (χ0n) is 11.8. The molecule has 1 aliphatic heterocycles.